The van der Waals surface area contributed by atoms with Gasteiger partial charge in [0.25, 0.3) is 0 Å². The Kier molecular flexibility index (Phi) is 4.99. The molecule has 2 aliphatic rings. The molecule has 1 aliphatic heterocycles. The second-order valence-corrected chi connectivity index (χ2v) is 7.42. The molecule has 1 aromatic heterocycles. The highest BCUT2D eigenvalue weighted by Gasteiger charge is 2.35. The Balaban J connectivity index is 1.63. The fourth-order valence-electron chi connectivity index (χ4n) is 3.55. The van der Waals surface area contributed by atoms with Crippen molar-refractivity contribution in [3.05, 3.63) is 12.2 Å². The highest BCUT2D eigenvalue weighted by atomic mass is 16.2. The molecular formula is C17H29N5O. The van der Waals surface area contributed by atoms with E-state index >= 15 is 0 Å². The van der Waals surface area contributed by atoms with Crippen LogP contribution in [0.3, 0.4) is 0 Å². The van der Waals surface area contributed by atoms with Crippen LogP contribution in [0.5, 0.6) is 0 Å². The number of amides is 1. The van der Waals surface area contributed by atoms with Crippen LogP contribution in [0.25, 0.3) is 0 Å². The zero-order valence-electron chi connectivity index (χ0n) is 14.6. The number of hydrogen-bond donors (Lipinski definition) is 0. The van der Waals surface area contributed by atoms with E-state index in [1.807, 2.05) is 4.68 Å². The van der Waals surface area contributed by atoms with Crippen LogP contribution in [0, 0.1) is 5.92 Å². The third-order valence-corrected chi connectivity index (χ3v) is 4.88. The van der Waals surface area contributed by atoms with Crippen molar-refractivity contribution >= 4 is 5.91 Å². The Labute approximate surface area is 138 Å². The third-order valence-electron chi connectivity index (χ3n) is 4.88. The van der Waals surface area contributed by atoms with Gasteiger partial charge in [0.1, 0.15) is 12.2 Å². The van der Waals surface area contributed by atoms with Crippen molar-refractivity contribution in [1.82, 2.24) is 24.6 Å². The molecule has 23 heavy (non-hydrogen) atoms. The van der Waals surface area contributed by atoms with Gasteiger partial charge in [0.2, 0.25) is 5.91 Å². The van der Waals surface area contributed by atoms with Crippen LogP contribution in [-0.4, -0.2) is 55.6 Å². The van der Waals surface area contributed by atoms with Gasteiger partial charge >= 0.3 is 0 Å². The van der Waals surface area contributed by atoms with Gasteiger partial charge in [0.05, 0.1) is 6.54 Å². The summed E-state index contributed by atoms with van der Waals surface area (Å²) in [5, 5.41) is 4.37. The minimum Gasteiger partial charge on any atom is -0.338 e. The van der Waals surface area contributed by atoms with Gasteiger partial charge in [0.15, 0.2) is 0 Å². The number of carbonyl (C=O) groups excluding carboxylic acids is 1. The molecule has 6 heteroatoms. The molecule has 0 spiro atoms. The molecule has 1 aliphatic carbocycles. The summed E-state index contributed by atoms with van der Waals surface area (Å²) in [5.74, 6) is 1.83. The van der Waals surface area contributed by atoms with Crippen LogP contribution >= 0.6 is 0 Å². The predicted molar refractivity (Wildman–Crippen MR) is 88.7 cm³/mol. The third kappa shape index (κ3) is 4.10. The molecule has 2 heterocycles. The van der Waals surface area contributed by atoms with Gasteiger partial charge in [-0.25, -0.2) is 9.67 Å². The van der Waals surface area contributed by atoms with Crippen molar-refractivity contribution in [3.63, 3.8) is 0 Å². The highest BCUT2D eigenvalue weighted by Crippen LogP contribution is 2.29. The van der Waals surface area contributed by atoms with Crippen molar-refractivity contribution in [2.75, 3.05) is 13.1 Å². The van der Waals surface area contributed by atoms with Gasteiger partial charge in [-0.1, -0.05) is 13.8 Å². The number of rotatable bonds is 7. The Morgan fingerprint density at radius 2 is 2.17 bits per heavy atom. The molecule has 1 atom stereocenters. The largest absolute Gasteiger partial charge is 0.338 e. The lowest BCUT2D eigenvalue weighted by molar-refractivity contribution is -0.130. The molecule has 1 saturated carbocycles. The molecule has 128 valence electrons. The van der Waals surface area contributed by atoms with Crippen LogP contribution in [0.15, 0.2) is 6.33 Å². The molecule has 0 bridgehead atoms. The second kappa shape index (κ2) is 6.99. The molecule has 6 nitrogen and oxygen atoms in total. The first kappa shape index (κ1) is 16.4. The lowest BCUT2D eigenvalue weighted by Crippen LogP contribution is -2.43. The quantitative estimate of drug-likeness (QED) is 0.770. The fourth-order valence-corrected chi connectivity index (χ4v) is 3.55. The van der Waals surface area contributed by atoms with Crippen LogP contribution in [-0.2, 0) is 17.9 Å². The Hall–Kier alpha value is -1.43. The van der Waals surface area contributed by atoms with Crippen molar-refractivity contribution in [1.29, 1.82) is 0 Å². The van der Waals surface area contributed by atoms with Crippen LogP contribution in [0.1, 0.15) is 52.3 Å². The van der Waals surface area contributed by atoms with Crippen molar-refractivity contribution in [3.8, 4) is 0 Å². The van der Waals surface area contributed by atoms with Gasteiger partial charge in [-0.05, 0) is 38.1 Å². The smallest absolute Gasteiger partial charge is 0.219 e. The summed E-state index contributed by atoms with van der Waals surface area (Å²) in [7, 11) is 0. The van der Waals surface area contributed by atoms with Gasteiger partial charge in [-0.2, -0.15) is 5.10 Å². The summed E-state index contributed by atoms with van der Waals surface area (Å²) < 4.78 is 2.03. The summed E-state index contributed by atoms with van der Waals surface area (Å²) in [4.78, 5) is 20.9. The molecular weight excluding hydrogens is 290 g/mol. The summed E-state index contributed by atoms with van der Waals surface area (Å²) >= 11 is 0. The number of aromatic nitrogens is 3. The minimum atomic E-state index is 0.224. The predicted octanol–water partition coefficient (Wildman–Crippen LogP) is 1.91. The first-order chi connectivity index (χ1) is 11.0. The van der Waals surface area contributed by atoms with Crippen LogP contribution in [0.2, 0.25) is 0 Å². The summed E-state index contributed by atoms with van der Waals surface area (Å²) in [6, 6.07) is 0.961. The fraction of sp³-hybridized carbons (Fsp3) is 0.824. The zero-order chi connectivity index (χ0) is 16.4. The number of nitrogens with zero attached hydrogens (tertiary/aromatic N) is 5. The van der Waals surface area contributed by atoms with E-state index in [0.717, 1.165) is 32.0 Å². The first-order valence-electron chi connectivity index (χ1n) is 8.92. The van der Waals surface area contributed by atoms with Gasteiger partial charge in [-0.3, -0.25) is 9.69 Å². The van der Waals surface area contributed by atoms with E-state index < -0.39 is 0 Å². The molecule has 0 N–H and O–H groups in total. The lowest BCUT2D eigenvalue weighted by Gasteiger charge is -2.30. The number of carbonyl (C=O) groups is 1. The van der Waals surface area contributed by atoms with E-state index in [-0.39, 0.29) is 5.91 Å². The van der Waals surface area contributed by atoms with Crippen molar-refractivity contribution in [2.24, 2.45) is 5.92 Å². The van der Waals surface area contributed by atoms with Gasteiger partial charge in [-0.15, -0.1) is 0 Å². The number of hydrogen-bond acceptors (Lipinski definition) is 4. The molecule has 0 aromatic carbocycles. The van der Waals surface area contributed by atoms with Gasteiger partial charge in [0, 0.05) is 32.1 Å². The van der Waals surface area contributed by atoms with Crippen LogP contribution < -0.4 is 0 Å². The Morgan fingerprint density at radius 3 is 2.83 bits per heavy atom. The van der Waals surface area contributed by atoms with Crippen molar-refractivity contribution < 1.29 is 4.79 Å². The van der Waals surface area contributed by atoms with Gasteiger partial charge < -0.3 is 4.90 Å². The number of likely N-dealkylation sites (tertiary alicyclic amines) is 1. The maximum atomic E-state index is 11.9. The molecule has 0 unspecified atom stereocenters. The maximum Gasteiger partial charge on any atom is 0.219 e. The standard InChI is InChI=1S/C17H29N5O/c1-13(2)9-22-17(18-12-19-22)11-20-8-4-5-16(20)10-21(14(3)23)15-6-7-15/h12-13,15-16H,4-11H2,1-3H3/t16-/m1/s1. The molecule has 1 aromatic rings. The van der Waals surface area contributed by atoms with Crippen LogP contribution in [0.4, 0.5) is 0 Å². The van der Waals surface area contributed by atoms with E-state index in [2.05, 4.69) is 33.7 Å². The molecule has 2 fully saturated rings. The van der Waals surface area contributed by atoms with E-state index in [1.165, 1.54) is 25.7 Å². The SMILES string of the molecule is CC(=O)N(C[C@H]1CCCN1Cc1ncnn1CC(C)C)C1CC1. The van der Waals surface area contributed by atoms with E-state index in [9.17, 15) is 4.79 Å². The average molecular weight is 319 g/mol. The maximum absolute atomic E-state index is 11.9. The summed E-state index contributed by atoms with van der Waals surface area (Å²) in [6.45, 7) is 9.82. The minimum absolute atomic E-state index is 0.224. The Bertz CT molecular complexity index is 537. The first-order valence-corrected chi connectivity index (χ1v) is 8.92. The summed E-state index contributed by atoms with van der Waals surface area (Å²) in [6.07, 6.45) is 6.40. The molecule has 3 rings (SSSR count). The second-order valence-electron chi connectivity index (χ2n) is 7.42. The van der Waals surface area contributed by atoms with E-state index in [0.29, 0.717) is 18.0 Å². The van der Waals surface area contributed by atoms with E-state index in [4.69, 9.17) is 0 Å². The van der Waals surface area contributed by atoms with E-state index in [1.54, 1.807) is 13.3 Å². The zero-order valence-corrected chi connectivity index (χ0v) is 14.6. The molecule has 1 saturated heterocycles. The van der Waals surface area contributed by atoms with Crippen molar-refractivity contribution in [2.45, 2.75) is 71.6 Å². The highest BCUT2D eigenvalue weighted by molar-refractivity contribution is 5.74. The monoisotopic (exact) mass is 319 g/mol. The Morgan fingerprint density at radius 1 is 1.39 bits per heavy atom. The molecule has 1 amide bonds. The molecule has 0 radical (unpaired) electrons. The normalized spacial score (nSPS) is 22.0. The summed E-state index contributed by atoms with van der Waals surface area (Å²) in [5.41, 5.74) is 0. The topological polar surface area (TPSA) is 54.3 Å². The lowest BCUT2D eigenvalue weighted by atomic mass is 10.2. The average Bonchev–Trinajstić information content (AvgIpc) is 3.08.